The van der Waals surface area contributed by atoms with E-state index in [1.54, 1.807) is 19.9 Å². The average Bonchev–Trinajstić information content (AvgIpc) is 2.43. The van der Waals surface area contributed by atoms with Gasteiger partial charge >= 0.3 is 6.18 Å². The lowest BCUT2D eigenvalue weighted by Crippen LogP contribution is -2.18. The number of nitrogens with one attached hydrogen (secondary N) is 1. The van der Waals surface area contributed by atoms with Crippen molar-refractivity contribution >= 4 is 11.7 Å². The van der Waals surface area contributed by atoms with E-state index in [1.165, 1.54) is 7.11 Å². The van der Waals surface area contributed by atoms with Crippen molar-refractivity contribution in [1.82, 2.24) is 4.98 Å². The zero-order valence-electron chi connectivity index (χ0n) is 12.2. The molecule has 8 heteroatoms. The van der Waals surface area contributed by atoms with Crippen LogP contribution < -0.4 is 5.32 Å². The molecule has 0 unspecified atom stereocenters. The Balaban J connectivity index is 3.00. The lowest BCUT2D eigenvalue weighted by atomic mass is 10.1. The van der Waals surface area contributed by atoms with Gasteiger partial charge in [-0.1, -0.05) is 13.8 Å². The number of nitrogens with zero attached hydrogens (tertiary/aromatic N) is 2. The van der Waals surface area contributed by atoms with Crippen LogP contribution in [0.3, 0.4) is 0 Å². The van der Waals surface area contributed by atoms with Crippen LogP contribution in [0.25, 0.3) is 0 Å². The molecule has 0 spiro atoms. The van der Waals surface area contributed by atoms with Crippen LogP contribution in [0.4, 0.5) is 19.0 Å². The Labute approximate surface area is 125 Å². The number of methoxy groups -OCH3 is 1. The SMILES string of the molecule is CO/C(=C(/C#N)C(=O)Nc1ccc(C(F)(F)F)cn1)C(C)C. The molecule has 0 aromatic carbocycles. The van der Waals surface area contributed by atoms with Gasteiger partial charge in [-0.15, -0.1) is 0 Å². The molecule has 0 aliphatic rings. The maximum atomic E-state index is 12.4. The average molecular weight is 313 g/mol. The van der Waals surface area contributed by atoms with Crippen LogP contribution in [-0.2, 0) is 15.7 Å². The second-order valence-corrected chi connectivity index (χ2v) is 4.59. The van der Waals surface area contributed by atoms with Crippen molar-refractivity contribution in [2.24, 2.45) is 5.92 Å². The Morgan fingerprint density at radius 3 is 2.41 bits per heavy atom. The summed E-state index contributed by atoms with van der Waals surface area (Å²) in [5.41, 5.74) is -1.18. The van der Waals surface area contributed by atoms with E-state index in [-0.39, 0.29) is 23.1 Å². The number of nitriles is 1. The van der Waals surface area contributed by atoms with Crippen LogP contribution in [0.5, 0.6) is 0 Å². The molecule has 1 heterocycles. The summed E-state index contributed by atoms with van der Waals surface area (Å²) in [7, 11) is 1.33. The van der Waals surface area contributed by atoms with Crippen molar-refractivity contribution in [3.63, 3.8) is 0 Å². The smallest absolute Gasteiger partial charge is 0.417 e. The quantitative estimate of drug-likeness (QED) is 0.526. The van der Waals surface area contributed by atoms with Crippen molar-refractivity contribution in [2.75, 3.05) is 12.4 Å². The van der Waals surface area contributed by atoms with Crippen molar-refractivity contribution < 1.29 is 22.7 Å². The van der Waals surface area contributed by atoms with E-state index >= 15 is 0 Å². The Kier molecular flexibility index (Phi) is 5.51. The minimum atomic E-state index is -4.51. The summed E-state index contributed by atoms with van der Waals surface area (Å²) in [4.78, 5) is 15.5. The maximum Gasteiger partial charge on any atom is 0.417 e. The molecule has 5 nitrogen and oxygen atoms in total. The predicted molar refractivity (Wildman–Crippen MR) is 72.4 cm³/mol. The predicted octanol–water partition coefficient (Wildman–Crippen LogP) is 3.12. The number of pyridine rings is 1. The first kappa shape index (κ1) is 17.5. The maximum absolute atomic E-state index is 12.4. The van der Waals surface area contributed by atoms with Gasteiger partial charge in [-0.2, -0.15) is 18.4 Å². The molecule has 1 aromatic rings. The van der Waals surface area contributed by atoms with Gasteiger partial charge in [0.05, 0.1) is 12.7 Å². The highest BCUT2D eigenvalue weighted by Gasteiger charge is 2.30. The van der Waals surface area contributed by atoms with E-state index in [0.717, 1.165) is 12.1 Å². The Morgan fingerprint density at radius 1 is 1.41 bits per heavy atom. The van der Waals surface area contributed by atoms with Gasteiger partial charge in [0.25, 0.3) is 5.91 Å². The number of rotatable bonds is 4. The van der Waals surface area contributed by atoms with Crippen molar-refractivity contribution in [1.29, 1.82) is 5.26 Å². The number of amides is 1. The third kappa shape index (κ3) is 4.22. The summed E-state index contributed by atoms with van der Waals surface area (Å²) in [6, 6.07) is 3.53. The highest BCUT2D eigenvalue weighted by molar-refractivity contribution is 6.06. The zero-order chi connectivity index (χ0) is 16.9. The van der Waals surface area contributed by atoms with E-state index in [4.69, 9.17) is 10.00 Å². The van der Waals surface area contributed by atoms with Gasteiger partial charge in [-0.3, -0.25) is 4.79 Å². The fourth-order valence-electron chi connectivity index (χ4n) is 1.66. The van der Waals surface area contributed by atoms with E-state index in [0.29, 0.717) is 6.20 Å². The van der Waals surface area contributed by atoms with Gasteiger partial charge in [-0.05, 0) is 12.1 Å². The highest BCUT2D eigenvalue weighted by atomic mass is 19.4. The zero-order valence-corrected chi connectivity index (χ0v) is 12.2. The molecule has 1 amide bonds. The molecule has 0 bridgehead atoms. The van der Waals surface area contributed by atoms with Crippen LogP contribution in [0.15, 0.2) is 29.7 Å². The summed E-state index contributed by atoms with van der Waals surface area (Å²) < 4.78 is 42.2. The van der Waals surface area contributed by atoms with Gasteiger partial charge in [0.2, 0.25) is 0 Å². The summed E-state index contributed by atoms with van der Waals surface area (Å²) >= 11 is 0. The lowest BCUT2D eigenvalue weighted by Gasteiger charge is -2.12. The number of hydrogen-bond acceptors (Lipinski definition) is 4. The minimum absolute atomic E-state index is 0.0926. The summed E-state index contributed by atoms with van der Waals surface area (Å²) in [5, 5.41) is 11.3. The van der Waals surface area contributed by atoms with Crippen LogP contribution in [0.1, 0.15) is 19.4 Å². The Hall–Kier alpha value is -2.56. The second kappa shape index (κ2) is 6.93. The van der Waals surface area contributed by atoms with Gasteiger partial charge in [0.15, 0.2) is 5.57 Å². The second-order valence-electron chi connectivity index (χ2n) is 4.59. The molecule has 0 fully saturated rings. The largest absolute Gasteiger partial charge is 0.499 e. The number of ether oxygens (including phenoxy) is 1. The number of aromatic nitrogens is 1. The Bertz CT molecular complexity index is 614. The monoisotopic (exact) mass is 313 g/mol. The number of halogens is 3. The van der Waals surface area contributed by atoms with Crippen molar-refractivity contribution in [3.05, 3.63) is 35.2 Å². The molecule has 0 saturated carbocycles. The summed E-state index contributed by atoms with van der Waals surface area (Å²) in [6.45, 7) is 3.47. The third-order valence-corrected chi connectivity index (χ3v) is 2.66. The van der Waals surface area contributed by atoms with Crippen LogP contribution in [0, 0.1) is 17.2 Å². The van der Waals surface area contributed by atoms with Crippen LogP contribution in [-0.4, -0.2) is 18.0 Å². The fraction of sp³-hybridized carbons (Fsp3) is 0.357. The van der Waals surface area contributed by atoms with Crippen LogP contribution in [0.2, 0.25) is 0 Å². The lowest BCUT2D eigenvalue weighted by molar-refractivity contribution is -0.137. The number of carbonyl (C=O) groups excluding carboxylic acids is 1. The minimum Gasteiger partial charge on any atom is -0.499 e. The number of alkyl halides is 3. The van der Waals surface area contributed by atoms with Crippen molar-refractivity contribution in [2.45, 2.75) is 20.0 Å². The summed E-state index contributed by atoms with van der Waals surface area (Å²) in [6.07, 6.45) is -3.90. The molecular weight excluding hydrogens is 299 g/mol. The van der Waals surface area contributed by atoms with Gasteiger partial charge in [0.1, 0.15) is 17.6 Å². The highest BCUT2D eigenvalue weighted by Crippen LogP contribution is 2.29. The van der Waals surface area contributed by atoms with Gasteiger partial charge < -0.3 is 10.1 Å². The number of hydrogen-bond donors (Lipinski definition) is 1. The molecule has 0 aliphatic heterocycles. The van der Waals surface area contributed by atoms with Gasteiger partial charge in [-0.25, -0.2) is 4.98 Å². The van der Waals surface area contributed by atoms with E-state index in [9.17, 15) is 18.0 Å². The van der Waals surface area contributed by atoms with E-state index in [1.807, 2.05) is 0 Å². The van der Waals surface area contributed by atoms with Crippen molar-refractivity contribution in [3.8, 4) is 6.07 Å². The molecule has 1 aromatic heterocycles. The van der Waals surface area contributed by atoms with E-state index < -0.39 is 17.6 Å². The molecule has 1 rings (SSSR count). The summed E-state index contributed by atoms with van der Waals surface area (Å²) in [5.74, 6) is -0.900. The topological polar surface area (TPSA) is 75.0 Å². The number of anilines is 1. The molecule has 0 saturated heterocycles. The van der Waals surface area contributed by atoms with Gasteiger partial charge in [0, 0.05) is 12.1 Å². The van der Waals surface area contributed by atoms with Crippen LogP contribution >= 0.6 is 0 Å². The first-order valence-electron chi connectivity index (χ1n) is 6.23. The third-order valence-electron chi connectivity index (χ3n) is 2.66. The first-order valence-corrected chi connectivity index (χ1v) is 6.23. The first-order chi connectivity index (χ1) is 10.2. The fourth-order valence-corrected chi connectivity index (χ4v) is 1.66. The number of allylic oxidation sites excluding steroid dienone is 1. The Morgan fingerprint density at radius 2 is 2.05 bits per heavy atom. The molecule has 22 heavy (non-hydrogen) atoms. The molecular formula is C14H14F3N3O2. The molecule has 1 N–H and O–H groups in total. The normalized spacial score (nSPS) is 12.5. The number of carbonyl (C=O) groups is 1. The molecule has 0 atom stereocenters. The molecule has 0 aliphatic carbocycles. The molecule has 0 radical (unpaired) electrons. The standard InChI is InChI=1S/C14H14F3N3O2/c1-8(2)12(22-3)10(6-18)13(21)20-11-5-4-9(7-19-11)14(15,16)17/h4-5,7-8H,1-3H3,(H,19,20,21)/b12-10-. The van der Waals surface area contributed by atoms with E-state index in [2.05, 4.69) is 10.3 Å². The molecule has 118 valence electrons.